The van der Waals surface area contributed by atoms with E-state index in [2.05, 4.69) is 11.5 Å². The van der Waals surface area contributed by atoms with Crippen molar-refractivity contribution < 1.29 is 9.53 Å². The normalized spacial score (nSPS) is 22.0. The van der Waals surface area contributed by atoms with Crippen LogP contribution in [0.1, 0.15) is 52.9 Å². The lowest BCUT2D eigenvalue weighted by atomic mass is 9.78. The fraction of sp³-hybridized carbons (Fsp3) is 0.833. The molecule has 4 nitrogen and oxygen atoms in total. The van der Waals surface area contributed by atoms with Gasteiger partial charge in [-0.05, 0) is 77.9 Å². The number of nitrogens with zero attached hydrogens (tertiary/aromatic N) is 2. The quantitative estimate of drug-likeness (QED) is 0.587. The van der Waals surface area contributed by atoms with E-state index in [-0.39, 0.29) is 6.09 Å². The van der Waals surface area contributed by atoms with Gasteiger partial charge in [-0.25, -0.2) is 4.79 Å². The summed E-state index contributed by atoms with van der Waals surface area (Å²) in [6.07, 6.45) is 7.72. The highest BCUT2D eigenvalue weighted by Crippen LogP contribution is 2.40. The van der Waals surface area contributed by atoms with Gasteiger partial charge in [0, 0.05) is 13.1 Å². The molecule has 0 unspecified atom stereocenters. The molecule has 126 valence electrons. The van der Waals surface area contributed by atoms with Crippen molar-refractivity contribution in [1.82, 2.24) is 9.80 Å². The van der Waals surface area contributed by atoms with E-state index in [4.69, 9.17) is 4.74 Å². The monoisotopic (exact) mass is 308 g/mol. The molecule has 1 amide bonds. The van der Waals surface area contributed by atoms with Crippen LogP contribution in [0.5, 0.6) is 0 Å². The molecule has 2 fully saturated rings. The van der Waals surface area contributed by atoms with Crippen molar-refractivity contribution in [3.05, 3.63) is 12.7 Å². The second-order valence-corrected chi connectivity index (χ2v) is 7.92. The molecule has 2 saturated heterocycles. The number of carbonyl (C=O) groups excluding carboxylic acids is 1. The molecule has 0 N–H and O–H groups in total. The predicted octanol–water partition coefficient (Wildman–Crippen LogP) is 3.68. The van der Waals surface area contributed by atoms with Gasteiger partial charge in [-0.1, -0.05) is 6.08 Å². The van der Waals surface area contributed by atoms with Gasteiger partial charge in [0.05, 0.1) is 0 Å². The maximum atomic E-state index is 12.2. The molecule has 0 radical (unpaired) electrons. The summed E-state index contributed by atoms with van der Waals surface area (Å²) in [5, 5.41) is 0. The summed E-state index contributed by atoms with van der Waals surface area (Å²) in [5.74, 6) is 0. The van der Waals surface area contributed by atoms with Crippen molar-refractivity contribution in [1.29, 1.82) is 0 Å². The molecule has 0 aromatic rings. The summed E-state index contributed by atoms with van der Waals surface area (Å²) in [5.41, 5.74) is -0.0623. The number of likely N-dealkylation sites (tertiary alicyclic amines) is 2. The van der Waals surface area contributed by atoms with E-state index in [1.807, 2.05) is 31.7 Å². The third-order valence-corrected chi connectivity index (χ3v) is 4.89. The van der Waals surface area contributed by atoms with E-state index in [0.717, 1.165) is 25.9 Å². The van der Waals surface area contributed by atoms with Gasteiger partial charge in [-0.3, -0.25) is 0 Å². The first-order chi connectivity index (χ1) is 10.3. The third kappa shape index (κ3) is 4.73. The number of amides is 1. The van der Waals surface area contributed by atoms with Crippen LogP contribution in [0.2, 0.25) is 0 Å². The second-order valence-electron chi connectivity index (χ2n) is 7.92. The van der Waals surface area contributed by atoms with Crippen LogP contribution < -0.4 is 0 Å². The summed E-state index contributed by atoms with van der Waals surface area (Å²) >= 11 is 0. The minimum Gasteiger partial charge on any atom is -0.444 e. The average molecular weight is 308 g/mol. The number of piperidine rings is 1. The van der Waals surface area contributed by atoms with Gasteiger partial charge in [0.25, 0.3) is 0 Å². The first-order valence-corrected chi connectivity index (χ1v) is 8.65. The maximum absolute atomic E-state index is 12.2. The van der Waals surface area contributed by atoms with Crippen LogP contribution >= 0.6 is 0 Å². The summed E-state index contributed by atoms with van der Waals surface area (Å²) in [7, 11) is 0. The van der Waals surface area contributed by atoms with Gasteiger partial charge in [0.2, 0.25) is 0 Å². The maximum Gasteiger partial charge on any atom is 0.410 e. The molecular weight excluding hydrogens is 276 g/mol. The summed E-state index contributed by atoms with van der Waals surface area (Å²) in [6.45, 7) is 14.8. The smallest absolute Gasteiger partial charge is 0.410 e. The second kappa shape index (κ2) is 7.03. The molecule has 0 aromatic carbocycles. The Balaban J connectivity index is 1.78. The molecule has 2 rings (SSSR count). The Labute approximate surface area is 135 Å². The van der Waals surface area contributed by atoms with Crippen LogP contribution in [-0.2, 0) is 4.74 Å². The van der Waals surface area contributed by atoms with E-state index in [1.165, 1.54) is 38.9 Å². The Kier molecular flexibility index (Phi) is 5.54. The van der Waals surface area contributed by atoms with Gasteiger partial charge in [-0.2, -0.15) is 0 Å². The summed E-state index contributed by atoms with van der Waals surface area (Å²) in [4.78, 5) is 16.7. The lowest BCUT2D eigenvalue weighted by Gasteiger charge is -2.39. The van der Waals surface area contributed by atoms with Gasteiger partial charge < -0.3 is 14.5 Å². The van der Waals surface area contributed by atoms with Gasteiger partial charge in [0.15, 0.2) is 0 Å². The molecule has 0 aromatic heterocycles. The molecule has 0 saturated carbocycles. The van der Waals surface area contributed by atoms with Crippen molar-refractivity contribution in [3.8, 4) is 0 Å². The Morgan fingerprint density at radius 3 is 2.45 bits per heavy atom. The SMILES string of the molecule is C=CCCCN1CCC2(CC1)CCN(C(=O)OC(C)(C)C)C2. The lowest BCUT2D eigenvalue weighted by molar-refractivity contribution is 0.0247. The van der Waals surface area contributed by atoms with Crippen LogP contribution in [0.3, 0.4) is 0 Å². The first kappa shape index (κ1) is 17.3. The number of hydrogen-bond donors (Lipinski definition) is 0. The topological polar surface area (TPSA) is 32.8 Å². The van der Waals surface area contributed by atoms with Crippen LogP contribution in [-0.4, -0.2) is 54.2 Å². The Bertz CT molecular complexity index is 392. The predicted molar refractivity (Wildman–Crippen MR) is 90.0 cm³/mol. The Morgan fingerprint density at radius 1 is 1.23 bits per heavy atom. The largest absolute Gasteiger partial charge is 0.444 e. The van der Waals surface area contributed by atoms with Gasteiger partial charge in [0.1, 0.15) is 5.60 Å². The number of carbonyl (C=O) groups is 1. The van der Waals surface area contributed by atoms with Gasteiger partial charge in [-0.15, -0.1) is 6.58 Å². The van der Waals surface area contributed by atoms with E-state index < -0.39 is 5.60 Å². The number of unbranched alkanes of at least 4 members (excludes halogenated alkanes) is 1. The third-order valence-electron chi connectivity index (χ3n) is 4.89. The number of ether oxygens (including phenoxy) is 1. The zero-order valence-corrected chi connectivity index (χ0v) is 14.6. The molecule has 0 aliphatic carbocycles. The summed E-state index contributed by atoms with van der Waals surface area (Å²) in [6, 6.07) is 0. The Morgan fingerprint density at radius 2 is 1.86 bits per heavy atom. The van der Waals surface area contributed by atoms with Crippen LogP contribution in [0.25, 0.3) is 0 Å². The van der Waals surface area contributed by atoms with Crippen LogP contribution in [0.4, 0.5) is 4.79 Å². The van der Waals surface area contributed by atoms with Gasteiger partial charge >= 0.3 is 6.09 Å². The molecule has 2 aliphatic heterocycles. The number of rotatable bonds is 4. The highest BCUT2D eigenvalue weighted by molar-refractivity contribution is 5.68. The fourth-order valence-corrected chi connectivity index (χ4v) is 3.54. The van der Waals surface area contributed by atoms with Crippen molar-refractivity contribution >= 4 is 6.09 Å². The summed E-state index contributed by atoms with van der Waals surface area (Å²) < 4.78 is 5.51. The number of allylic oxidation sites excluding steroid dienone is 1. The van der Waals surface area contributed by atoms with Crippen molar-refractivity contribution in [2.45, 2.75) is 58.5 Å². The fourth-order valence-electron chi connectivity index (χ4n) is 3.54. The van der Waals surface area contributed by atoms with Crippen molar-refractivity contribution in [2.24, 2.45) is 5.41 Å². The molecule has 4 heteroatoms. The van der Waals surface area contributed by atoms with E-state index >= 15 is 0 Å². The molecule has 22 heavy (non-hydrogen) atoms. The van der Waals surface area contributed by atoms with Crippen LogP contribution in [0, 0.1) is 5.41 Å². The first-order valence-electron chi connectivity index (χ1n) is 8.65. The highest BCUT2D eigenvalue weighted by Gasteiger charge is 2.42. The van der Waals surface area contributed by atoms with Crippen LogP contribution in [0.15, 0.2) is 12.7 Å². The van der Waals surface area contributed by atoms with Crippen molar-refractivity contribution in [3.63, 3.8) is 0 Å². The molecular formula is C18H32N2O2. The molecule has 2 heterocycles. The van der Waals surface area contributed by atoms with E-state index in [0.29, 0.717) is 5.41 Å². The minimum absolute atomic E-state index is 0.141. The molecule has 1 spiro atoms. The average Bonchev–Trinajstić information content (AvgIpc) is 2.84. The van der Waals surface area contributed by atoms with E-state index in [1.54, 1.807) is 0 Å². The molecule has 0 atom stereocenters. The number of hydrogen-bond acceptors (Lipinski definition) is 3. The Hall–Kier alpha value is -1.03. The molecule has 2 aliphatic rings. The standard InChI is InChI=1S/C18H32N2O2/c1-5-6-7-11-19-12-8-18(9-13-19)10-14-20(15-18)16(21)22-17(2,3)4/h5H,1,6-15H2,2-4H3. The lowest BCUT2D eigenvalue weighted by Crippen LogP contribution is -2.43. The minimum atomic E-state index is -0.401. The van der Waals surface area contributed by atoms with E-state index in [9.17, 15) is 4.79 Å². The van der Waals surface area contributed by atoms with Crippen molar-refractivity contribution in [2.75, 3.05) is 32.7 Å². The zero-order chi connectivity index (χ0) is 16.2. The highest BCUT2D eigenvalue weighted by atomic mass is 16.6. The zero-order valence-electron chi connectivity index (χ0n) is 14.6. The molecule has 0 bridgehead atoms.